The topological polar surface area (TPSA) is 33.1 Å². The predicted molar refractivity (Wildman–Crippen MR) is 94.3 cm³/mol. The van der Waals surface area contributed by atoms with Crippen LogP contribution in [0.5, 0.6) is 0 Å². The first-order valence-corrected chi connectivity index (χ1v) is 8.26. The van der Waals surface area contributed by atoms with E-state index in [1.165, 1.54) is 27.6 Å². The monoisotopic (exact) mass is 306 g/mol. The van der Waals surface area contributed by atoms with Crippen LogP contribution in [0.2, 0.25) is 0 Å². The van der Waals surface area contributed by atoms with Crippen molar-refractivity contribution in [3.05, 3.63) is 54.2 Å². The Morgan fingerprint density at radius 2 is 1.91 bits per heavy atom. The maximum absolute atomic E-state index is 4.65. The Morgan fingerprint density at radius 1 is 1.09 bits per heavy atom. The Hall–Kier alpha value is -2.17. The number of hydrogen-bond donors (Lipinski definition) is 1. The number of aromatic nitrogens is 2. The van der Waals surface area contributed by atoms with Crippen LogP contribution in [0.1, 0.15) is 5.56 Å². The van der Waals surface area contributed by atoms with E-state index >= 15 is 0 Å². The van der Waals surface area contributed by atoms with Gasteiger partial charge in [-0.15, -0.1) is 0 Å². The fourth-order valence-corrected chi connectivity index (χ4v) is 3.32. The second-order valence-corrected chi connectivity index (χ2v) is 6.26. The number of nitrogens with zero attached hydrogens (tertiary/aromatic N) is 3. The Kier molecular flexibility index (Phi) is 3.85. The maximum atomic E-state index is 4.65. The van der Waals surface area contributed by atoms with E-state index in [4.69, 9.17) is 0 Å². The van der Waals surface area contributed by atoms with Crippen LogP contribution in [0, 0.1) is 6.92 Å². The molecule has 1 aliphatic rings. The van der Waals surface area contributed by atoms with E-state index in [0.29, 0.717) is 0 Å². The summed E-state index contributed by atoms with van der Waals surface area (Å²) in [5.74, 6) is 0. The summed E-state index contributed by atoms with van der Waals surface area (Å²) in [7, 11) is 0. The predicted octanol–water partition coefficient (Wildman–Crippen LogP) is 2.87. The van der Waals surface area contributed by atoms with Crippen molar-refractivity contribution in [3.63, 3.8) is 0 Å². The zero-order valence-electron chi connectivity index (χ0n) is 13.5. The molecule has 1 aromatic heterocycles. The molecule has 0 spiro atoms. The highest BCUT2D eigenvalue weighted by Crippen LogP contribution is 2.29. The average molecular weight is 306 g/mol. The van der Waals surface area contributed by atoms with Crippen molar-refractivity contribution in [1.29, 1.82) is 0 Å². The van der Waals surface area contributed by atoms with Crippen LogP contribution >= 0.6 is 0 Å². The molecule has 3 aromatic rings. The molecule has 2 aromatic carbocycles. The highest BCUT2D eigenvalue weighted by Gasteiger charge is 2.13. The number of piperazine rings is 1. The summed E-state index contributed by atoms with van der Waals surface area (Å²) in [6, 6.07) is 15.2. The quantitative estimate of drug-likeness (QED) is 0.808. The lowest BCUT2D eigenvalue weighted by atomic mass is 10.0. The van der Waals surface area contributed by atoms with Gasteiger partial charge in [0.2, 0.25) is 0 Å². The molecular formula is C19H22N4. The lowest BCUT2D eigenvalue weighted by molar-refractivity contribution is 0.187. The van der Waals surface area contributed by atoms with Crippen LogP contribution < -0.4 is 5.32 Å². The molecule has 0 saturated carbocycles. The molecule has 23 heavy (non-hydrogen) atoms. The van der Waals surface area contributed by atoms with Crippen LogP contribution in [-0.2, 0) is 6.67 Å². The highest BCUT2D eigenvalue weighted by atomic mass is 15.4. The van der Waals surface area contributed by atoms with Gasteiger partial charge < -0.3 is 5.32 Å². The number of rotatable bonds is 3. The van der Waals surface area contributed by atoms with E-state index in [2.05, 4.69) is 69.4 Å². The van der Waals surface area contributed by atoms with Crippen LogP contribution in [0.3, 0.4) is 0 Å². The Bertz CT molecular complexity index is 815. The molecule has 1 saturated heterocycles. The van der Waals surface area contributed by atoms with Gasteiger partial charge >= 0.3 is 0 Å². The van der Waals surface area contributed by atoms with Crippen molar-refractivity contribution >= 4 is 10.9 Å². The van der Waals surface area contributed by atoms with Crippen molar-refractivity contribution < 1.29 is 0 Å². The largest absolute Gasteiger partial charge is 0.314 e. The molecule has 0 aliphatic carbocycles. The molecule has 0 amide bonds. The molecule has 0 atom stereocenters. The van der Waals surface area contributed by atoms with Crippen molar-refractivity contribution in [2.45, 2.75) is 13.6 Å². The van der Waals surface area contributed by atoms with E-state index in [0.717, 1.165) is 32.8 Å². The molecule has 118 valence electrons. The Morgan fingerprint density at radius 3 is 2.74 bits per heavy atom. The van der Waals surface area contributed by atoms with Gasteiger partial charge in [-0.3, -0.25) is 9.58 Å². The first kappa shape index (κ1) is 14.4. The molecule has 4 nitrogen and oxygen atoms in total. The van der Waals surface area contributed by atoms with Crippen molar-refractivity contribution in [3.8, 4) is 11.1 Å². The van der Waals surface area contributed by atoms with Gasteiger partial charge in [0, 0.05) is 31.6 Å². The van der Waals surface area contributed by atoms with Gasteiger partial charge in [-0.05, 0) is 24.1 Å². The standard InChI is InChI=1S/C19H22N4/c1-15-4-2-5-16(12-15)17-6-3-7-19-18(17)13-21-23(19)14-22-10-8-20-9-11-22/h2-7,12-13,20H,8-11,14H2,1H3. The van der Waals surface area contributed by atoms with E-state index in [1.54, 1.807) is 0 Å². The van der Waals surface area contributed by atoms with Gasteiger partial charge in [0.25, 0.3) is 0 Å². The number of fused-ring (bicyclic) bond motifs is 1. The summed E-state index contributed by atoms with van der Waals surface area (Å²) in [6.07, 6.45) is 2.01. The highest BCUT2D eigenvalue weighted by molar-refractivity contribution is 5.94. The minimum Gasteiger partial charge on any atom is -0.314 e. The molecule has 2 heterocycles. The first-order chi connectivity index (χ1) is 11.3. The van der Waals surface area contributed by atoms with Crippen LogP contribution in [0.25, 0.3) is 22.0 Å². The third kappa shape index (κ3) is 2.87. The Balaban J connectivity index is 1.71. The molecule has 0 bridgehead atoms. The summed E-state index contributed by atoms with van der Waals surface area (Å²) >= 11 is 0. The zero-order chi connectivity index (χ0) is 15.6. The summed E-state index contributed by atoms with van der Waals surface area (Å²) in [6.45, 7) is 7.29. The molecule has 4 rings (SSSR count). The van der Waals surface area contributed by atoms with Crippen LogP contribution in [0.4, 0.5) is 0 Å². The fraction of sp³-hybridized carbons (Fsp3) is 0.316. The van der Waals surface area contributed by atoms with Crippen LogP contribution in [-0.4, -0.2) is 40.9 Å². The molecule has 0 radical (unpaired) electrons. The molecule has 1 N–H and O–H groups in total. The van der Waals surface area contributed by atoms with E-state index < -0.39 is 0 Å². The van der Waals surface area contributed by atoms with E-state index in [-0.39, 0.29) is 0 Å². The molecule has 1 fully saturated rings. The van der Waals surface area contributed by atoms with Gasteiger partial charge in [0.1, 0.15) is 0 Å². The van der Waals surface area contributed by atoms with Gasteiger partial charge in [-0.25, -0.2) is 0 Å². The summed E-state index contributed by atoms with van der Waals surface area (Å²) < 4.78 is 2.12. The minimum atomic E-state index is 0.864. The fourth-order valence-electron chi connectivity index (χ4n) is 3.32. The normalized spacial score (nSPS) is 16.0. The average Bonchev–Trinajstić information content (AvgIpc) is 2.99. The third-order valence-electron chi connectivity index (χ3n) is 4.56. The summed E-state index contributed by atoms with van der Waals surface area (Å²) in [4.78, 5) is 2.45. The van der Waals surface area contributed by atoms with Gasteiger partial charge in [0.15, 0.2) is 0 Å². The Labute approximate surface area is 136 Å². The molecule has 0 unspecified atom stereocenters. The lowest BCUT2D eigenvalue weighted by Crippen LogP contribution is -2.44. The second kappa shape index (κ2) is 6.14. The third-order valence-corrected chi connectivity index (χ3v) is 4.56. The number of hydrogen-bond acceptors (Lipinski definition) is 3. The van der Waals surface area contributed by atoms with Crippen LogP contribution in [0.15, 0.2) is 48.7 Å². The smallest absolute Gasteiger partial charge is 0.0936 e. The second-order valence-electron chi connectivity index (χ2n) is 6.26. The molecular weight excluding hydrogens is 284 g/mol. The van der Waals surface area contributed by atoms with Crippen molar-refractivity contribution in [2.75, 3.05) is 26.2 Å². The maximum Gasteiger partial charge on any atom is 0.0936 e. The van der Waals surface area contributed by atoms with E-state index in [1.807, 2.05) is 6.20 Å². The first-order valence-electron chi connectivity index (χ1n) is 8.26. The number of nitrogens with one attached hydrogen (secondary N) is 1. The molecule has 1 aliphatic heterocycles. The number of benzene rings is 2. The van der Waals surface area contributed by atoms with E-state index in [9.17, 15) is 0 Å². The van der Waals surface area contributed by atoms with Gasteiger partial charge in [-0.1, -0.05) is 42.0 Å². The van der Waals surface area contributed by atoms with Crippen molar-refractivity contribution in [2.24, 2.45) is 0 Å². The summed E-state index contributed by atoms with van der Waals surface area (Å²) in [5.41, 5.74) is 5.02. The number of aryl methyl sites for hydroxylation is 1. The lowest BCUT2D eigenvalue weighted by Gasteiger charge is -2.27. The van der Waals surface area contributed by atoms with Crippen molar-refractivity contribution in [1.82, 2.24) is 20.0 Å². The minimum absolute atomic E-state index is 0.864. The summed E-state index contributed by atoms with van der Waals surface area (Å²) in [5, 5.41) is 9.28. The zero-order valence-corrected chi connectivity index (χ0v) is 13.5. The molecule has 4 heteroatoms. The van der Waals surface area contributed by atoms with Gasteiger partial charge in [-0.2, -0.15) is 5.10 Å². The SMILES string of the molecule is Cc1cccc(-c2cccc3c2cnn3CN2CCNCC2)c1. The van der Waals surface area contributed by atoms with Gasteiger partial charge in [0.05, 0.1) is 18.4 Å².